The van der Waals surface area contributed by atoms with Crippen molar-refractivity contribution in [1.29, 1.82) is 0 Å². The lowest BCUT2D eigenvalue weighted by atomic mass is 10.2. The summed E-state index contributed by atoms with van der Waals surface area (Å²) in [6.45, 7) is 3.31. The smallest absolute Gasteiger partial charge is 0.279 e. The SMILES string of the molecule is Cc1ccc(NC(=O)C[NH+](Cc2ccco2)Cc2cccs2)cc1F. The van der Waals surface area contributed by atoms with E-state index in [9.17, 15) is 9.18 Å². The van der Waals surface area contributed by atoms with Crippen molar-refractivity contribution >= 4 is 22.9 Å². The Morgan fingerprint density at radius 3 is 2.80 bits per heavy atom. The summed E-state index contributed by atoms with van der Waals surface area (Å²) in [5.41, 5.74) is 1.03. The number of aryl methyl sites for hydroxylation is 1. The maximum atomic E-state index is 13.6. The maximum Gasteiger partial charge on any atom is 0.279 e. The summed E-state index contributed by atoms with van der Waals surface area (Å²) >= 11 is 1.67. The van der Waals surface area contributed by atoms with E-state index in [1.165, 1.54) is 10.9 Å². The zero-order chi connectivity index (χ0) is 17.6. The average molecular weight is 359 g/mol. The molecular weight excluding hydrogens is 339 g/mol. The Morgan fingerprint density at radius 1 is 1.24 bits per heavy atom. The van der Waals surface area contributed by atoms with Crippen LogP contribution >= 0.6 is 11.3 Å². The van der Waals surface area contributed by atoms with E-state index in [0.29, 0.717) is 17.8 Å². The van der Waals surface area contributed by atoms with Crippen molar-refractivity contribution < 1.29 is 18.5 Å². The molecule has 0 saturated carbocycles. The predicted octanol–water partition coefficient (Wildman–Crippen LogP) is 3.01. The molecule has 6 heteroatoms. The van der Waals surface area contributed by atoms with Gasteiger partial charge in [0.15, 0.2) is 12.3 Å². The van der Waals surface area contributed by atoms with Crippen LogP contribution in [0.4, 0.5) is 10.1 Å². The van der Waals surface area contributed by atoms with Gasteiger partial charge in [-0.2, -0.15) is 0 Å². The molecule has 0 bridgehead atoms. The highest BCUT2D eigenvalue weighted by Crippen LogP contribution is 2.13. The molecule has 0 aliphatic rings. The van der Waals surface area contributed by atoms with E-state index in [2.05, 4.69) is 11.4 Å². The van der Waals surface area contributed by atoms with E-state index < -0.39 is 0 Å². The molecule has 3 aromatic rings. The van der Waals surface area contributed by atoms with Gasteiger partial charge in [-0.15, -0.1) is 11.3 Å². The second kappa shape index (κ2) is 8.09. The zero-order valence-corrected chi connectivity index (χ0v) is 14.7. The monoisotopic (exact) mass is 359 g/mol. The molecule has 0 saturated heterocycles. The fourth-order valence-electron chi connectivity index (χ4n) is 2.61. The predicted molar refractivity (Wildman–Crippen MR) is 96.0 cm³/mol. The van der Waals surface area contributed by atoms with Crippen LogP contribution in [-0.4, -0.2) is 12.5 Å². The molecule has 25 heavy (non-hydrogen) atoms. The van der Waals surface area contributed by atoms with E-state index in [1.807, 2.05) is 23.6 Å². The molecule has 1 unspecified atom stereocenters. The molecule has 1 aromatic carbocycles. The molecule has 1 amide bonds. The van der Waals surface area contributed by atoms with Crippen LogP contribution in [0.15, 0.2) is 58.5 Å². The normalized spacial score (nSPS) is 12.1. The number of rotatable bonds is 7. The number of hydrogen-bond donors (Lipinski definition) is 2. The van der Waals surface area contributed by atoms with Gasteiger partial charge in [-0.1, -0.05) is 12.1 Å². The van der Waals surface area contributed by atoms with Crippen LogP contribution in [0.5, 0.6) is 0 Å². The Hall–Kier alpha value is -2.44. The molecule has 0 aliphatic heterocycles. The number of anilines is 1. The molecule has 0 spiro atoms. The van der Waals surface area contributed by atoms with Crippen LogP contribution in [-0.2, 0) is 17.9 Å². The maximum absolute atomic E-state index is 13.6. The number of nitrogens with one attached hydrogen (secondary N) is 2. The third-order valence-corrected chi connectivity index (χ3v) is 4.75. The molecule has 4 nitrogen and oxygen atoms in total. The van der Waals surface area contributed by atoms with Crippen molar-refractivity contribution in [3.8, 4) is 0 Å². The van der Waals surface area contributed by atoms with Crippen molar-refractivity contribution in [2.45, 2.75) is 20.0 Å². The van der Waals surface area contributed by atoms with Crippen LogP contribution in [0.3, 0.4) is 0 Å². The minimum Gasteiger partial charge on any atom is -0.463 e. The second-order valence-corrected chi connectivity index (χ2v) is 6.98. The van der Waals surface area contributed by atoms with E-state index in [0.717, 1.165) is 17.2 Å². The second-order valence-electron chi connectivity index (χ2n) is 5.95. The quantitative estimate of drug-likeness (QED) is 0.681. The molecule has 0 fully saturated rings. The van der Waals surface area contributed by atoms with Gasteiger partial charge in [-0.3, -0.25) is 4.79 Å². The number of thiophene rings is 1. The standard InChI is InChI=1S/C19H19FN2O2S/c1-14-6-7-15(10-18(14)20)21-19(23)13-22(11-16-4-2-8-24-16)12-17-5-3-9-25-17/h2-10H,11-13H2,1H3,(H,21,23)/p+1. The van der Waals surface area contributed by atoms with Gasteiger partial charge in [0, 0.05) is 5.69 Å². The lowest BCUT2D eigenvalue weighted by Gasteiger charge is -2.17. The highest BCUT2D eigenvalue weighted by molar-refractivity contribution is 7.09. The third kappa shape index (κ3) is 5.01. The van der Waals surface area contributed by atoms with Crippen molar-refractivity contribution in [2.75, 3.05) is 11.9 Å². The van der Waals surface area contributed by atoms with Gasteiger partial charge < -0.3 is 14.6 Å². The summed E-state index contributed by atoms with van der Waals surface area (Å²) < 4.78 is 19.0. The first-order valence-electron chi connectivity index (χ1n) is 8.04. The molecule has 2 N–H and O–H groups in total. The molecule has 0 radical (unpaired) electrons. The highest BCUT2D eigenvalue weighted by atomic mass is 32.1. The van der Waals surface area contributed by atoms with Crippen LogP contribution < -0.4 is 10.2 Å². The number of benzene rings is 1. The Morgan fingerprint density at radius 2 is 2.12 bits per heavy atom. The molecule has 2 aromatic heterocycles. The molecule has 2 heterocycles. The van der Waals surface area contributed by atoms with Crippen molar-refractivity contribution in [1.82, 2.24) is 0 Å². The van der Waals surface area contributed by atoms with E-state index >= 15 is 0 Å². The van der Waals surface area contributed by atoms with Gasteiger partial charge >= 0.3 is 0 Å². The molecule has 0 aliphatic carbocycles. The van der Waals surface area contributed by atoms with Crippen LogP contribution in [0, 0.1) is 12.7 Å². The third-order valence-electron chi connectivity index (χ3n) is 3.87. The number of furan rings is 1. The van der Waals surface area contributed by atoms with Crippen molar-refractivity contribution in [3.05, 3.63) is 76.1 Å². The summed E-state index contributed by atoms with van der Waals surface area (Å²) in [7, 11) is 0. The molecule has 1 atom stereocenters. The Balaban J connectivity index is 1.65. The molecular formula is C19H20FN2O2S+. The summed E-state index contributed by atoms with van der Waals surface area (Å²) in [6, 6.07) is 12.5. The van der Waals surface area contributed by atoms with Crippen molar-refractivity contribution in [2.24, 2.45) is 0 Å². The number of halogens is 1. The number of carbonyl (C=O) groups is 1. The summed E-state index contributed by atoms with van der Waals surface area (Å²) in [4.78, 5) is 14.7. The summed E-state index contributed by atoms with van der Waals surface area (Å²) in [5, 5.41) is 4.80. The molecule has 3 rings (SSSR count). The Kier molecular flexibility index (Phi) is 5.63. The topological polar surface area (TPSA) is 46.7 Å². The van der Waals surface area contributed by atoms with E-state index in [-0.39, 0.29) is 18.3 Å². The first kappa shape index (κ1) is 17.4. The number of hydrogen-bond acceptors (Lipinski definition) is 3. The first-order valence-corrected chi connectivity index (χ1v) is 8.92. The van der Waals surface area contributed by atoms with Crippen LogP contribution in [0.2, 0.25) is 0 Å². The summed E-state index contributed by atoms with van der Waals surface area (Å²) in [6.07, 6.45) is 1.63. The van der Waals surface area contributed by atoms with Gasteiger partial charge in [0.05, 0.1) is 11.1 Å². The lowest BCUT2D eigenvalue weighted by Crippen LogP contribution is -3.10. The largest absolute Gasteiger partial charge is 0.463 e. The number of carbonyl (C=O) groups excluding carboxylic acids is 1. The van der Waals surface area contributed by atoms with Gasteiger partial charge in [0.2, 0.25) is 0 Å². The lowest BCUT2D eigenvalue weighted by molar-refractivity contribution is -0.920. The van der Waals surface area contributed by atoms with E-state index in [4.69, 9.17) is 4.42 Å². The van der Waals surface area contributed by atoms with Crippen LogP contribution in [0.1, 0.15) is 16.2 Å². The van der Waals surface area contributed by atoms with Crippen LogP contribution in [0.25, 0.3) is 0 Å². The minimum atomic E-state index is -0.323. The number of amides is 1. The minimum absolute atomic E-state index is 0.152. The Labute approximate surface area is 149 Å². The fourth-order valence-corrected chi connectivity index (χ4v) is 3.39. The average Bonchev–Trinajstić information content (AvgIpc) is 3.25. The van der Waals surface area contributed by atoms with Gasteiger partial charge in [0.25, 0.3) is 5.91 Å². The zero-order valence-electron chi connectivity index (χ0n) is 13.9. The van der Waals surface area contributed by atoms with Crippen molar-refractivity contribution in [3.63, 3.8) is 0 Å². The number of quaternary nitrogens is 1. The first-order chi connectivity index (χ1) is 12.1. The van der Waals surface area contributed by atoms with Gasteiger partial charge in [-0.25, -0.2) is 4.39 Å². The van der Waals surface area contributed by atoms with E-state index in [1.54, 1.807) is 36.7 Å². The van der Waals surface area contributed by atoms with Gasteiger partial charge in [-0.05, 0) is 48.2 Å². The fraction of sp³-hybridized carbons (Fsp3) is 0.211. The highest BCUT2D eigenvalue weighted by Gasteiger charge is 2.18. The summed E-state index contributed by atoms with van der Waals surface area (Å²) in [5.74, 6) is 0.360. The molecule has 130 valence electrons. The van der Waals surface area contributed by atoms with Gasteiger partial charge in [0.1, 0.15) is 18.9 Å². The Bertz CT molecular complexity index is 780.